The van der Waals surface area contributed by atoms with Crippen LogP contribution in [-0.4, -0.2) is 73.7 Å². The van der Waals surface area contributed by atoms with Crippen molar-refractivity contribution in [2.75, 3.05) is 33.4 Å². The zero-order valence-electron chi connectivity index (χ0n) is 11.4. The van der Waals surface area contributed by atoms with Crippen LogP contribution in [0, 0.1) is 0 Å². The maximum atomic E-state index is 11.4. The minimum absolute atomic E-state index is 0.0920. The molecule has 2 fully saturated rings. The molecule has 2 aliphatic heterocycles. The molecule has 2 aliphatic rings. The number of cyclic esters (lactones) is 1. The highest BCUT2D eigenvalue weighted by molar-refractivity contribution is 5.73. The van der Waals surface area contributed by atoms with Gasteiger partial charge in [0.1, 0.15) is 6.61 Å². The molecule has 0 aromatic rings. The van der Waals surface area contributed by atoms with Gasteiger partial charge in [-0.25, -0.2) is 9.59 Å². The standard InChI is InChI=1S/C9H16N2O3.C2HF3O2/c1-13-8-6-10-3-2-7(8)11-4-5-14-9(11)12;3-2(4,5)1(6)7/h7-8,10H,2-6H2,1H3;(H,6,7)/t7-,8-;/m1./s1. The molecule has 1 amide bonds. The molecule has 2 heterocycles. The summed E-state index contributed by atoms with van der Waals surface area (Å²) in [5.74, 6) is -2.76. The number of nitrogens with zero attached hydrogens (tertiary/aromatic N) is 1. The SMILES string of the molecule is CO[C@@H]1CNCC[C@H]1N1CCOC1=O.O=C(O)C(F)(F)F. The van der Waals surface area contributed by atoms with E-state index in [-0.39, 0.29) is 18.2 Å². The van der Waals surface area contributed by atoms with E-state index >= 15 is 0 Å². The summed E-state index contributed by atoms with van der Waals surface area (Å²) >= 11 is 0. The lowest BCUT2D eigenvalue weighted by atomic mass is 10.0. The second kappa shape index (κ2) is 7.46. The second-order valence-electron chi connectivity index (χ2n) is 4.44. The van der Waals surface area contributed by atoms with Crippen LogP contribution in [0.4, 0.5) is 18.0 Å². The van der Waals surface area contributed by atoms with Crippen LogP contribution in [0.2, 0.25) is 0 Å². The number of carbonyl (C=O) groups is 2. The summed E-state index contributed by atoms with van der Waals surface area (Å²) in [6.07, 6.45) is -4.25. The topological polar surface area (TPSA) is 88.1 Å². The highest BCUT2D eigenvalue weighted by Gasteiger charge is 2.38. The van der Waals surface area contributed by atoms with Crippen molar-refractivity contribution in [3.05, 3.63) is 0 Å². The Bertz CT molecular complexity index is 377. The molecule has 0 unspecified atom stereocenters. The van der Waals surface area contributed by atoms with Crippen molar-refractivity contribution in [2.45, 2.75) is 24.7 Å². The summed E-state index contributed by atoms with van der Waals surface area (Å²) in [6, 6.07) is 0.177. The molecule has 0 radical (unpaired) electrons. The summed E-state index contributed by atoms with van der Waals surface area (Å²) in [6.45, 7) is 2.96. The van der Waals surface area contributed by atoms with Gasteiger partial charge in [-0.2, -0.15) is 13.2 Å². The molecule has 7 nitrogen and oxygen atoms in total. The van der Waals surface area contributed by atoms with E-state index in [1.54, 1.807) is 12.0 Å². The number of piperidine rings is 1. The molecule has 2 N–H and O–H groups in total. The number of aliphatic carboxylic acids is 1. The van der Waals surface area contributed by atoms with Crippen molar-refractivity contribution in [3.63, 3.8) is 0 Å². The van der Waals surface area contributed by atoms with Gasteiger partial charge in [-0.1, -0.05) is 0 Å². The highest BCUT2D eigenvalue weighted by Crippen LogP contribution is 2.18. The van der Waals surface area contributed by atoms with Gasteiger partial charge in [0.25, 0.3) is 0 Å². The predicted molar refractivity (Wildman–Crippen MR) is 63.8 cm³/mol. The van der Waals surface area contributed by atoms with E-state index in [2.05, 4.69) is 5.32 Å². The zero-order chi connectivity index (χ0) is 16.0. The Hall–Kier alpha value is -1.55. The lowest BCUT2D eigenvalue weighted by Gasteiger charge is -2.35. The van der Waals surface area contributed by atoms with Gasteiger partial charge in [-0.3, -0.25) is 4.90 Å². The molecular formula is C11H17F3N2O5. The highest BCUT2D eigenvalue weighted by atomic mass is 19.4. The fourth-order valence-corrected chi connectivity index (χ4v) is 2.12. The Kier molecular flexibility index (Phi) is 6.21. The Morgan fingerprint density at radius 2 is 2.14 bits per heavy atom. The van der Waals surface area contributed by atoms with Crippen molar-refractivity contribution in [3.8, 4) is 0 Å². The third-order valence-electron chi connectivity index (χ3n) is 3.13. The van der Waals surface area contributed by atoms with Gasteiger partial charge in [-0.05, 0) is 13.0 Å². The number of carboxylic acids is 1. The number of hydrogen-bond acceptors (Lipinski definition) is 5. The number of halogens is 3. The lowest BCUT2D eigenvalue weighted by molar-refractivity contribution is -0.192. The smallest absolute Gasteiger partial charge is 0.475 e. The largest absolute Gasteiger partial charge is 0.490 e. The molecular weight excluding hydrogens is 297 g/mol. The average molecular weight is 314 g/mol. The first-order valence-corrected chi connectivity index (χ1v) is 6.24. The molecule has 2 saturated heterocycles. The van der Waals surface area contributed by atoms with Crippen LogP contribution in [0.3, 0.4) is 0 Å². The number of nitrogens with one attached hydrogen (secondary N) is 1. The van der Waals surface area contributed by atoms with Crippen LogP contribution in [0.15, 0.2) is 0 Å². The van der Waals surface area contributed by atoms with E-state index in [9.17, 15) is 18.0 Å². The first kappa shape index (κ1) is 17.5. The van der Waals surface area contributed by atoms with Crippen LogP contribution in [0.1, 0.15) is 6.42 Å². The number of amides is 1. The summed E-state index contributed by atoms with van der Waals surface area (Å²) in [5.41, 5.74) is 0. The van der Waals surface area contributed by atoms with Gasteiger partial charge >= 0.3 is 18.2 Å². The second-order valence-corrected chi connectivity index (χ2v) is 4.44. The van der Waals surface area contributed by atoms with Gasteiger partial charge in [-0.15, -0.1) is 0 Å². The van der Waals surface area contributed by atoms with E-state index in [1.165, 1.54) is 0 Å². The number of methoxy groups -OCH3 is 1. The fourth-order valence-electron chi connectivity index (χ4n) is 2.12. The molecule has 2 rings (SSSR count). The first-order valence-electron chi connectivity index (χ1n) is 6.24. The Morgan fingerprint density at radius 1 is 1.52 bits per heavy atom. The summed E-state index contributed by atoms with van der Waals surface area (Å²) < 4.78 is 42.0. The quantitative estimate of drug-likeness (QED) is 0.769. The van der Waals surface area contributed by atoms with Gasteiger partial charge < -0.3 is 19.9 Å². The molecule has 0 aromatic heterocycles. The fraction of sp³-hybridized carbons (Fsp3) is 0.818. The minimum atomic E-state index is -5.08. The van der Waals surface area contributed by atoms with Crippen LogP contribution in [0.25, 0.3) is 0 Å². The summed E-state index contributed by atoms with van der Waals surface area (Å²) in [4.78, 5) is 22.0. The van der Waals surface area contributed by atoms with Crippen LogP contribution in [0.5, 0.6) is 0 Å². The molecule has 0 aliphatic carbocycles. The van der Waals surface area contributed by atoms with Gasteiger partial charge in [0.2, 0.25) is 0 Å². The molecule has 0 saturated carbocycles. The maximum absolute atomic E-state index is 11.4. The number of ether oxygens (including phenoxy) is 2. The van der Waals surface area contributed by atoms with Crippen LogP contribution < -0.4 is 5.32 Å². The van der Waals surface area contributed by atoms with Crippen LogP contribution in [-0.2, 0) is 14.3 Å². The number of carboxylic acid groups (broad SMARTS) is 1. The van der Waals surface area contributed by atoms with E-state index in [0.29, 0.717) is 13.2 Å². The Morgan fingerprint density at radius 3 is 2.57 bits per heavy atom. The van der Waals surface area contributed by atoms with E-state index < -0.39 is 12.1 Å². The molecule has 122 valence electrons. The maximum Gasteiger partial charge on any atom is 0.490 e. The molecule has 0 spiro atoms. The summed E-state index contributed by atoms with van der Waals surface area (Å²) in [7, 11) is 1.69. The summed E-state index contributed by atoms with van der Waals surface area (Å²) in [5, 5.41) is 10.4. The van der Waals surface area contributed by atoms with E-state index in [1.807, 2.05) is 0 Å². The number of rotatable bonds is 2. The number of alkyl halides is 3. The van der Waals surface area contributed by atoms with Gasteiger partial charge in [0.15, 0.2) is 0 Å². The number of hydrogen-bond donors (Lipinski definition) is 2. The van der Waals surface area contributed by atoms with E-state index in [4.69, 9.17) is 19.4 Å². The van der Waals surface area contributed by atoms with Crippen LogP contribution >= 0.6 is 0 Å². The molecule has 0 bridgehead atoms. The van der Waals surface area contributed by atoms with Crippen molar-refractivity contribution in [2.24, 2.45) is 0 Å². The lowest BCUT2D eigenvalue weighted by Crippen LogP contribution is -2.53. The predicted octanol–water partition coefficient (Wildman–Crippen LogP) is 0.449. The molecule has 0 aromatic carbocycles. The molecule has 10 heteroatoms. The van der Waals surface area contributed by atoms with Crippen molar-refractivity contribution in [1.29, 1.82) is 0 Å². The third-order valence-corrected chi connectivity index (χ3v) is 3.13. The van der Waals surface area contributed by atoms with E-state index in [0.717, 1.165) is 19.5 Å². The first-order chi connectivity index (χ1) is 9.77. The Balaban J connectivity index is 0.000000270. The van der Waals surface area contributed by atoms with Gasteiger partial charge in [0.05, 0.1) is 18.7 Å². The minimum Gasteiger partial charge on any atom is -0.475 e. The zero-order valence-corrected chi connectivity index (χ0v) is 11.4. The average Bonchev–Trinajstić information content (AvgIpc) is 2.84. The number of carbonyl (C=O) groups excluding carboxylic acids is 1. The molecule has 2 atom stereocenters. The molecule has 21 heavy (non-hydrogen) atoms. The normalized spacial score (nSPS) is 25.9. The van der Waals surface area contributed by atoms with Crippen molar-refractivity contribution >= 4 is 12.1 Å². The monoisotopic (exact) mass is 314 g/mol. The third kappa shape index (κ3) is 5.05. The Labute approximate surface area is 119 Å². The van der Waals surface area contributed by atoms with Crippen molar-refractivity contribution in [1.82, 2.24) is 10.2 Å². The van der Waals surface area contributed by atoms with Gasteiger partial charge in [0, 0.05) is 13.7 Å². The van der Waals surface area contributed by atoms with Crippen molar-refractivity contribution < 1.29 is 37.3 Å².